The number of ether oxygens (including phenoxy) is 2. The predicted octanol–water partition coefficient (Wildman–Crippen LogP) is 4.25. The molecule has 0 amide bonds. The molecule has 9 heteroatoms. The second kappa shape index (κ2) is 10.0. The van der Waals surface area contributed by atoms with E-state index in [2.05, 4.69) is 15.2 Å². The first-order valence-electron chi connectivity index (χ1n) is 12.4. The molecule has 2 aromatic heterocycles. The van der Waals surface area contributed by atoms with E-state index in [1.54, 1.807) is 14.2 Å². The lowest BCUT2D eigenvalue weighted by molar-refractivity contribution is 0.393. The molecule has 0 aliphatic heterocycles. The van der Waals surface area contributed by atoms with Crippen molar-refractivity contribution in [3.05, 3.63) is 30.1 Å². The molecule has 2 saturated carbocycles. The van der Waals surface area contributed by atoms with E-state index in [1.165, 1.54) is 25.7 Å². The molecule has 9 nitrogen and oxygen atoms in total. The first-order valence-corrected chi connectivity index (χ1v) is 12.4. The second-order valence-electron chi connectivity index (χ2n) is 9.49. The molecule has 0 spiro atoms. The van der Waals surface area contributed by atoms with Gasteiger partial charge in [0.2, 0.25) is 5.95 Å². The van der Waals surface area contributed by atoms with Gasteiger partial charge in [-0.25, -0.2) is 4.98 Å². The smallest absolute Gasteiger partial charge is 0.227 e. The van der Waals surface area contributed by atoms with Crippen LogP contribution < -0.4 is 25.8 Å². The van der Waals surface area contributed by atoms with Crippen molar-refractivity contribution in [2.75, 3.05) is 24.9 Å². The van der Waals surface area contributed by atoms with E-state index < -0.39 is 0 Å². The number of hydrogen-bond acceptors (Lipinski definition) is 8. The van der Waals surface area contributed by atoms with Gasteiger partial charge in [-0.05, 0) is 56.2 Å². The third-order valence-electron chi connectivity index (χ3n) is 7.12. The zero-order valence-corrected chi connectivity index (χ0v) is 20.1. The fourth-order valence-corrected chi connectivity index (χ4v) is 5.15. The Balaban J connectivity index is 1.44. The highest BCUT2D eigenvalue weighted by molar-refractivity contribution is 5.84. The van der Waals surface area contributed by atoms with Crippen molar-refractivity contribution in [2.24, 2.45) is 5.73 Å². The molecule has 0 saturated heterocycles. The van der Waals surface area contributed by atoms with Crippen LogP contribution in [0.25, 0.3) is 11.2 Å². The minimum absolute atomic E-state index is 0.308. The van der Waals surface area contributed by atoms with Crippen LogP contribution >= 0.6 is 0 Å². The number of rotatable bonds is 8. The average Bonchev–Trinajstić information content (AvgIpc) is 3.53. The second-order valence-corrected chi connectivity index (χ2v) is 9.49. The summed E-state index contributed by atoms with van der Waals surface area (Å²) in [4.78, 5) is 14.5. The molecule has 3 aromatic rings. The van der Waals surface area contributed by atoms with Gasteiger partial charge in [-0.15, -0.1) is 0 Å². The highest BCUT2D eigenvalue weighted by Crippen LogP contribution is 2.33. The summed E-state index contributed by atoms with van der Waals surface area (Å²) >= 11 is 0. The van der Waals surface area contributed by atoms with Gasteiger partial charge in [-0.2, -0.15) is 9.97 Å². The zero-order chi connectivity index (χ0) is 23.5. The highest BCUT2D eigenvalue weighted by Gasteiger charge is 2.24. The maximum atomic E-state index is 6.10. The van der Waals surface area contributed by atoms with Gasteiger partial charge >= 0.3 is 0 Å². The minimum atomic E-state index is 0.308. The van der Waals surface area contributed by atoms with Crippen LogP contribution in [0.4, 0.5) is 11.8 Å². The van der Waals surface area contributed by atoms with Crippen LogP contribution in [0, 0.1) is 0 Å². The van der Waals surface area contributed by atoms with Gasteiger partial charge in [-0.3, -0.25) is 0 Å². The number of imidazole rings is 1. The van der Waals surface area contributed by atoms with Gasteiger partial charge in [-0.1, -0.05) is 12.8 Å². The van der Waals surface area contributed by atoms with E-state index >= 15 is 0 Å². The normalized spacial score (nSPS) is 21.0. The van der Waals surface area contributed by atoms with Gasteiger partial charge in [0.25, 0.3) is 0 Å². The molecule has 182 valence electrons. The van der Waals surface area contributed by atoms with E-state index in [4.69, 9.17) is 30.2 Å². The number of aromatic nitrogens is 4. The topological polar surface area (TPSA) is 112 Å². The van der Waals surface area contributed by atoms with E-state index in [0.29, 0.717) is 30.6 Å². The summed E-state index contributed by atoms with van der Waals surface area (Å²) in [7, 11) is 3.32. The number of hydrogen-bond donors (Lipinski definition) is 3. The molecule has 4 N–H and O–H groups in total. The Morgan fingerprint density at radius 2 is 1.68 bits per heavy atom. The highest BCUT2D eigenvalue weighted by atomic mass is 16.5. The molecule has 0 bridgehead atoms. The average molecular weight is 466 g/mol. The summed E-state index contributed by atoms with van der Waals surface area (Å²) in [5.41, 5.74) is 8.83. The lowest BCUT2D eigenvalue weighted by Crippen LogP contribution is -2.33. The van der Waals surface area contributed by atoms with Crippen LogP contribution in [0.1, 0.15) is 63.0 Å². The Morgan fingerprint density at radius 1 is 0.971 bits per heavy atom. The van der Waals surface area contributed by atoms with Crippen LogP contribution in [0.5, 0.6) is 11.5 Å². The van der Waals surface area contributed by atoms with E-state index in [-0.39, 0.29) is 0 Å². The summed E-state index contributed by atoms with van der Waals surface area (Å²) in [6.45, 7) is 0.563. The van der Waals surface area contributed by atoms with Crippen molar-refractivity contribution in [3.63, 3.8) is 0 Å². The van der Waals surface area contributed by atoms with Crippen molar-refractivity contribution >= 4 is 22.9 Å². The fraction of sp³-hybridized carbons (Fsp3) is 0.560. The summed E-state index contributed by atoms with van der Waals surface area (Å²) in [6, 6.07) is 6.97. The molecule has 2 heterocycles. The number of methoxy groups -OCH3 is 2. The summed E-state index contributed by atoms with van der Waals surface area (Å²) in [5, 5.41) is 7.07. The number of nitrogens with zero attached hydrogens (tertiary/aromatic N) is 4. The van der Waals surface area contributed by atoms with Crippen molar-refractivity contribution in [1.82, 2.24) is 19.5 Å². The van der Waals surface area contributed by atoms with E-state index in [9.17, 15) is 0 Å². The number of nitrogens with two attached hydrogens (primary N) is 1. The Labute approximate surface area is 200 Å². The largest absolute Gasteiger partial charge is 0.497 e. The molecule has 1 aromatic carbocycles. The SMILES string of the molecule is COc1cc(CNc2nc(N[C@H]3CC[C@H](N)CC3)nc3c2ncn3C2CCCC2)cc(OC)c1. The van der Waals surface area contributed by atoms with Gasteiger partial charge in [0.15, 0.2) is 17.0 Å². The maximum absolute atomic E-state index is 6.10. The van der Waals surface area contributed by atoms with Crippen molar-refractivity contribution < 1.29 is 9.47 Å². The first-order chi connectivity index (χ1) is 16.6. The van der Waals surface area contributed by atoms with Crippen molar-refractivity contribution in [3.8, 4) is 11.5 Å². The molecule has 5 rings (SSSR count). The lowest BCUT2D eigenvalue weighted by Gasteiger charge is -2.27. The standard InChI is InChI=1S/C25H35N7O2/c1-33-20-11-16(12-21(13-20)34-2)14-27-23-22-24(32(15-28-22)19-5-3-4-6-19)31-25(30-23)29-18-9-7-17(26)8-10-18/h11-13,15,17-19H,3-10,14,26H2,1-2H3,(H2,27,29,30,31)/t17-,18-. The molecule has 2 aliphatic rings. The fourth-order valence-electron chi connectivity index (χ4n) is 5.15. The molecule has 0 radical (unpaired) electrons. The quantitative estimate of drug-likeness (QED) is 0.453. The first kappa shape index (κ1) is 22.7. The molecular weight excluding hydrogens is 430 g/mol. The van der Waals surface area contributed by atoms with Crippen LogP contribution in [-0.4, -0.2) is 45.8 Å². The summed E-state index contributed by atoms with van der Waals surface area (Å²) in [5.74, 6) is 2.90. The van der Waals surface area contributed by atoms with E-state index in [1.807, 2.05) is 24.5 Å². The van der Waals surface area contributed by atoms with Crippen molar-refractivity contribution in [2.45, 2.75) is 76.0 Å². The van der Waals surface area contributed by atoms with Gasteiger partial charge in [0, 0.05) is 30.7 Å². The third-order valence-corrected chi connectivity index (χ3v) is 7.12. The van der Waals surface area contributed by atoms with Crippen LogP contribution in [-0.2, 0) is 6.54 Å². The Morgan fingerprint density at radius 3 is 2.35 bits per heavy atom. The van der Waals surface area contributed by atoms with Gasteiger partial charge in [0.1, 0.15) is 11.5 Å². The molecule has 2 fully saturated rings. The zero-order valence-electron chi connectivity index (χ0n) is 20.1. The number of fused-ring (bicyclic) bond motifs is 1. The molecular formula is C25H35N7O2. The predicted molar refractivity (Wildman–Crippen MR) is 134 cm³/mol. The Bertz CT molecular complexity index is 1100. The number of nitrogens with one attached hydrogen (secondary N) is 2. The Hall–Kier alpha value is -3.07. The van der Waals surface area contributed by atoms with Gasteiger partial charge < -0.3 is 30.4 Å². The Kier molecular flexibility index (Phi) is 6.71. The third kappa shape index (κ3) is 4.89. The van der Waals surface area contributed by atoms with Gasteiger partial charge in [0.05, 0.1) is 20.5 Å². The number of anilines is 2. The van der Waals surface area contributed by atoms with Crippen LogP contribution in [0.15, 0.2) is 24.5 Å². The molecule has 2 aliphatic carbocycles. The summed E-state index contributed by atoms with van der Waals surface area (Å²) < 4.78 is 13.1. The number of benzene rings is 1. The molecule has 34 heavy (non-hydrogen) atoms. The monoisotopic (exact) mass is 465 g/mol. The lowest BCUT2D eigenvalue weighted by atomic mass is 9.92. The van der Waals surface area contributed by atoms with Crippen LogP contribution in [0.2, 0.25) is 0 Å². The minimum Gasteiger partial charge on any atom is -0.497 e. The van der Waals surface area contributed by atoms with Crippen molar-refractivity contribution in [1.29, 1.82) is 0 Å². The molecule has 0 atom stereocenters. The van der Waals surface area contributed by atoms with E-state index in [0.717, 1.165) is 59.7 Å². The molecule has 0 unspecified atom stereocenters. The summed E-state index contributed by atoms with van der Waals surface area (Å²) in [6.07, 6.45) is 10.9. The van der Waals surface area contributed by atoms with Crippen LogP contribution in [0.3, 0.4) is 0 Å². The maximum Gasteiger partial charge on any atom is 0.227 e.